The van der Waals surface area contributed by atoms with Crippen molar-refractivity contribution in [2.24, 2.45) is 0 Å². The Morgan fingerprint density at radius 1 is 1.26 bits per heavy atom. The summed E-state index contributed by atoms with van der Waals surface area (Å²) >= 11 is 0. The molecule has 0 bridgehead atoms. The van der Waals surface area contributed by atoms with Crippen LogP contribution in [0.15, 0.2) is 29.8 Å². The Labute approximate surface area is 111 Å². The average Bonchev–Trinajstić information content (AvgIpc) is 2.47. The maximum atomic E-state index is 13.5. The smallest absolute Gasteiger partial charge is 0.264 e. The van der Waals surface area contributed by atoms with Crippen LogP contribution >= 0.6 is 0 Å². The molecule has 0 unspecified atom stereocenters. The molecule has 0 aromatic heterocycles. The molecule has 1 saturated heterocycles. The highest BCUT2D eigenvalue weighted by molar-refractivity contribution is 6.01. The van der Waals surface area contributed by atoms with E-state index in [2.05, 4.69) is 0 Å². The SMILES string of the molecule is N#C/C(=C\c1ccccc1F)C(=O)N1CCCCC1. The lowest BCUT2D eigenvalue weighted by Crippen LogP contribution is -2.36. The van der Waals surface area contributed by atoms with E-state index >= 15 is 0 Å². The normalized spacial score (nSPS) is 16.0. The van der Waals surface area contributed by atoms with Crippen molar-refractivity contribution < 1.29 is 9.18 Å². The number of nitriles is 1. The lowest BCUT2D eigenvalue weighted by molar-refractivity contribution is -0.127. The summed E-state index contributed by atoms with van der Waals surface area (Å²) in [5.41, 5.74) is 0.261. The number of carbonyl (C=O) groups is 1. The van der Waals surface area contributed by atoms with Gasteiger partial charge in [0, 0.05) is 18.7 Å². The second kappa shape index (κ2) is 6.14. The van der Waals surface area contributed by atoms with Crippen molar-refractivity contribution in [2.45, 2.75) is 19.3 Å². The molecule has 0 N–H and O–H groups in total. The highest BCUT2D eigenvalue weighted by Crippen LogP contribution is 2.15. The quantitative estimate of drug-likeness (QED) is 0.604. The van der Waals surface area contributed by atoms with Gasteiger partial charge in [-0.05, 0) is 31.4 Å². The van der Waals surface area contributed by atoms with Crippen LogP contribution in [0, 0.1) is 17.1 Å². The van der Waals surface area contributed by atoms with Crippen LogP contribution in [0.25, 0.3) is 6.08 Å². The maximum Gasteiger partial charge on any atom is 0.264 e. The molecule has 1 fully saturated rings. The first-order valence-corrected chi connectivity index (χ1v) is 6.38. The van der Waals surface area contributed by atoms with Crippen LogP contribution in [0.4, 0.5) is 4.39 Å². The number of rotatable bonds is 2. The molecule has 0 saturated carbocycles. The van der Waals surface area contributed by atoms with Gasteiger partial charge >= 0.3 is 0 Å². The fraction of sp³-hybridized carbons (Fsp3) is 0.333. The fourth-order valence-corrected chi connectivity index (χ4v) is 2.16. The van der Waals surface area contributed by atoms with E-state index < -0.39 is 5.82 Å². The van der Waals surface area contributed by atoms with Crippen molar-refractivity contribution in [3.63, 3.8) is 0 Å². The summed E-state index contributed by atoms with van der Waals surface area (Å²) in [4.78, 5) is 13.8. The molecule has 0 spiro atoms. The number of halogens is 1. The molecule has 98 valence electrons. The third-order valence-electron chi connectivity index (χ3n) is 3.20. The molecule has 3 nitrogen and oxygen atoms in total. The Balaban J connectivity index is 2.22. The van der Waals surface area contributed by atoms with E-state index in [1.165, 1.54) is 12.1 Å². The number of piperidine rings is 1. The van der Waals surface area contributed by atoms with Crippen LogP contribution < -0.4 is 0 Å². The van der Waals surface area contributed by atoms with Gasteiger partial charge in [0.25, 0.3) is 5.91 Å². The molecule has 1 aliphatic heterocycles. The van der Waals surface area contributed by atoms with E-state index in [4.69, 9.17) is 5.26 Å². The van der Waals surface area contributed by atoms with Gasteiger partial charge in [-0.2, -0.15) is 5.26 Å². The van der Waals surface area contributed by atoms with E-state index in [0.29, 0.717) is 13.1 Å². The van der Waals surface area contributed by atoms with Crippen molar-refractivity contribution >= 4 is 12.0 Å². The molecule has 19 heavy (non-hydrogen) atoms. The first kappa shape index (κ1) is 13.3. The van der Waals surface area contributed by atoms with Crippen molar-refractivity contribution in [1.29, 1.82) is 5.26 Å². The summed E-state index contributed by atoms with van der Waals surface area (Å²) in [5.74, 6) is -0.729. The highest BCUT2D eigenvalue weighted by atomic mass is 19.1. The zero-order chi connectivity index (χ0) is 13.7. The molecule has 1 aromatic rings. The molecule has 0 atom stereocenters. The molecule has 1 amide bonds. The Kier molecular flexibility index (Phi) is 4.30. The summed E-state index contributed by atoms with van der Waals surface area (Å²) in [6.07, 6.45) is 4.36. The molecular formula is C15H15FN2O. The van der Waals surface area contributed by atoms with E-state index in [1.807, 2.05) is 6.07 Å². The van der Waals surface area contributed by atoms with E-state index in [0.717, 1.165) is 19.3 Å². The molecule has 1 aromatic carbocycles. The minimum atomic E-state index is -0.429. The van der Waals surface area contributed by atoms with E-state index in [1.54, 1.807) is 23.1 Å². The second-order valence-electron chi connectivity index (χ2n) is 4.54. The van der Waals surface area contributed by atoms with Crippen LogP contribution in [0.5, 0.6) is 0 Å². The van der Waals surface area contributed by atoms with Gasteiger partial charge in [0.2, 0.25) is 0 Å². The monoisotopic (exact) mass is 258 g/mol. The molecule has 1 heterocycles. The Morgan fingerprint density at radius 3 is 2.58 bits per heavy atom. The molecule has 1 aliphatic rings. The van der Waals surface area contributed by atoms with Gasteiger partial charge < -0.3 is 4.90 Å². The fourth-order valence-electron chi connectivity index (χ4n) is 2.16. The van der Waals surface area contributed by atoms with Gasteiger partial charge in [0.15, 0.2) is 0 Å². The molecule has 2 rings (SSSR count). The number of hydrogen-bond acceptors (Lipinski definition) is 2. The Bertz CT molecular complexity index is 539. The zero-order valence-electron chi connectivity index (χ0n) is 10.6. The predicted octanol–water partition coefficient (Wildman–Crippen LogP) is 2.75. The van der Waals surface area contributed by atoms with Crippen molar-refractivity contribution in [3.8, 4) is 6.07 Å². The minimum Gasteiger partial charge on any atom is -0.338 e. The van der Waals surface area contributed by atoms with Gasteiger partial charge in [0.1, 0.15) is 17.5 Å². The van der Waals surface area contributed by atoms with Gasteiger partial charge in [-0.25, -0.2) is 4.39 Å². The first-order valence-electron chi connectivity index (χ1n) is 6.38. The number of nitrogens with zero attached hydrogens (tertiary/aromatic N) is 2. The summed E-state index contributed by atoms with van der Waals surface area (Å²) in [6.45, 7) is 1.35. The van der Waals surface area contributed by atoms with Gasteiger partial charge in [-0.15, -0.1) is 0 Å². The van der Waals surface area contributed by atoms with E-state index in [9.17, 15) is 9.18 Å². The lowest BCUT2D eigenvalue weighted by atomic mass is 10.1. The van der Waals surface area contributed by atoms with E-state index in [-0.39, 0.29) is 17.0 Å². The number of amides is 1. The van der Waals surface area contributed by atoms with Crippen LogP contribution in [-0.4, -0.2) is 23.9 Å². The van der Waals surface area contributed by atoms with Crippen LogP contribution in [-0.2, 0) is 4.79 Å². The molecule has 4 heteroatoms. The van der Waals surface area contributed by atoms with Crippen molar-refractivity contribution in [2.75, 3.05) is 13.1 Å². The lowest BCUT2D eigenvalue weighted by Gasteiger charge is -2.26. The summed E-state index contributed by atoms with van der Waals surface area (Å²) in [7, 11) is 0. The summed E-state index contributed by atoms with van der Waals surface area (Å²) in [5, 5.41) is 9.09. The third kappa shape index (κ3) is 3.19. The largest absolute Gasteiger partial charge is 0.338 e. The highest BCUT2D eigenvalue weighted by Gasteiger charge is 2.20. The molecule has 0 aliphatic carbocycles. The Morgan fingerprint density at radius 2 is 1.95 bits per heavy atom. The zero-order valence-corrected chi connectivity index (χ0v) is 10.6. The first-order chi connectivity index (χ1) is 9.22. The number of hydrogen-bond donors (Lipinski definition) is 0. The standard InChI is InChI=1S/C15H15FN2O/c16-14-7-3-2-6-12(14)10-13(11-17)15(19)18-8-4-1-5-9-18/h2-3,6-7,10H,1,4-5,8-9H2/b13-10+. The van der Waals surface area contributed by atoms with Crippen molar-refractivity contribution in [1.82, 2.24) is 4.90 Å². The number of likely N-dealkylation sites (tertiary alicyclic amines) is 1. The summed E-state index contributed by atoms with van der Waals surface area (Å²) < 4.78 is 13.5. The number of carbonyl (C=O) groups excluding carboxylic acids is 1. The predicted molar refractivity (Wildman–Crippen MR) is 70.4 cm³/mol. The minimum absolute atomic E-state index is 0.00741. The molecular weight excluding hydrogens is 243 g/mol. The second-order valence-corrected chi connectivity index (χ2v) is 4.54. The summed E-state index contributed by atoms with van der Waals surface area (Å²) in [6, 6.07) is 7.99. The van der Waals surface area contributed by atoms with Gasteiger partial charge in [-0.3, -0.25) is 4.79 Å². The van der Waals surface area contributed by atoms with Crippen molar-refractivity contribution in [3.05, 3.63) is 41.2 Å². The van der Waals surface area contributed by atoms with Crippen LogP contribution in [0.1, 0.15) is 24.8 Å². The maximum absolute atomic E-state index is 13.5. The molecule has 0 radical (unpaired) electrons. The third-order valence-corrected chi connectivity index (χ3v) is 3.20. The topological polar surface area (TPSA) is 44.1 Å². The average molecular weight is 258 g/mol. The van der Waals surface area contributed by atoms with Gasteiger partial charge in [-0.1, -0.05) is 18.2 Å². The van der Waals surface area contributed by atoms with Crippen LogP contribution in [0.2, 0.25) is 0 Å². The van der Waals surface area contributed by atoms with Gasteiger partial charge in [0.05, 0.1) is 0 Å². The number of benzene rings is 1. The Hall–Kier alpha value is -2.15. The van der Waals surface area contributed by atoms with Crippen LogP contribution in [0.3, 0.4) is 0 Å².